The molecule has 4 heterocycles. The van der Waals surface area contributed by atoms with Gasteiger partial charge in [-0.2, -0.15) is 27.6 Å². The van der Waals surface area contributed by atoms with Crippen LogP contribution in [-0.4, -0.2) is 44.4 Å². The molecule has 0 saturated carbocycles. The summed E-state index contributed by atoms with van der Waals surface area (Å²) in [4.78, 5) is 2.44. The van der Waals surface area contributed by atoms with Crippen LogP contribution in [0.5, 0.6) is 0 Å². The van der Waals surface area contributed by atoms with Gasteiger partial charge < -0.3 is 10.2 Å². The normalized spacial score (nSPS) is 14.6. The number of fused-ring (bicyclic) bond motifs is 1. The molecular weight excluding hydrogens is 376 g/mol. The number of anilines is 3. The third-order valence-electron chi connectivity index (χ3n) is 4.56. The second-order valence-corrected chi connectivity index (χ2v) is 8.30. The molecule has 0 radical (unpaired) electrons. The highest BCUT2D eigenvalue weighted by Crippen LogP contribution is 2.24. The predicted octanol–water partition coefficient (Wildman–Crippen LogP) is 4.15. The second-order valence-electron chi connectivity index (χ2n) is 6.30. The zero-order valence-corrected chi connectivity index (χ0v) is 16.2. The largest absolute Gasteiger partial charge is 0.370 e. The number of hydrogen-bond donors (Lipinski definition) is 1. The van der Waals surface area contributed by atoms with E-state index in [9.17, 15) is 0 Å². The van der Waals surface area contributed by atoms with Gasteiger partial charge in [-0.25, -0.2) is 0 Å². The lowest BCUT2D eigenvalue weighted by Gasteiger charge is -2.28. The number of aromatic nitrogens is 4. The van der Waals surface area contributed by atoms with Crippen molar-refractivity contribution in [2.45, 2.75) is 0 Å². The minimum absolute atomic E-state index is 0.736. The molecular formula is C19H18N6S2. The van der Waals surface area contributed by atoms with Crippen molar-refractivity contribution in [2.24, 2.45) is 0 Å². The minimum atomic E-state index is 0.736. The quantitative estimate of drug-likeness (QED) is 0.561. The molecule has 5 rings (SSSR count). The van der Waals surface area contributed by atoms with Crippen LogP contribution in [-0.2, 0) is 0 Å². The summed E-state index contributed by atoms with van der Waals surface area (Å²) in [6, 6.07) is 14.4. The first-order valence-electron chi connectivity index (χ1n) is 8.82. The highest BCUT2D eigenvalue weighted by atomic mass is 32.2. The molecule has 136 valence electrons. The lowest BCUT2D eigenvalue weighted by Crippen LogP contribution is -2.32. The fraction of sp³-hybridized carbons (Fsp3) is 0.211. The Morgan fingerprint density at radius 2 is 1.78 bits per heavy atom. The number of benzene rings is 1. The van der Waals surface area contributed by atoms with E-state index < -0.39 is 0 Å². The van der Waals surface area contributed by atoms with Crippen LogP contribution in [0.25, 0.3) is 17.0 Å². The van der Waals surface area contributed by atoms with Gasteiger partial charge in [-0.15, -0.1) is 15.3 Å². The monoisotopic (exact) mass is 394 g/mol. The number of nitrogens with zero attached hydrogens (tertiary/aromatic N) is 5. The van der Waals surface area contributed by atoms with Gasteiger partial charge in [0.15, 0.2) is 17.3 Å². The molecule has 0 amide bonds. The molecule has 1 aliphatic heterocycles. The predicted molar refractivity (Wildman–Crippen MR) is 113 cm³/mol. The summed E-state index contributed by atoms with van der Waals surface area (Å²) < 4.78 is 1.78. The third kappa shape index (κ3) is 3.38. The summed E-state index contributed by atoms with van der Waals surface area (Å²) in [6.07, 6.45) is 0. The minimum Gasteiger partial charge on any atom is -0.370 e. The van der Waals surface area contributed by atoms with Crippen molar-refractivity contribution >= 4 is 45.9 Å². The molecule has 8 heteroatoms. The average Bonchev–Trinajstić information content (AvgIpc) is 3.38. The Morgan fingerprint density at radius 1 is 0.926 bits per heavy atom. The zero-order valence-electron chi connectivity index (χ0n) is 14.6. The second kappa shape index (κ2) is 7.21. The number of rotatable bonds is 4. The third-order valence-corrected chi connectivity index (χ3v) is 6.18. The van der Waals surface area contributed by atoms with Crippen molar-refractivity contribution in [2.75, 3.05) is 34.8 Å². The summed E-state index contributed by atoms with van der Waals surface area (Å²) in [5, 5.41) is 20.6. The molecule has 0 atom stereocenters. The van der Waals surface area contributed by atoms with Gasteiger partial charge in [0.25, 0.3) is 0 Å². The van der Waals surface area contributed by atoms with Gasteiger partial charge in [-0.3, -0.25) is 0 Å². The Balaban J connectivity index is 1.38. The topological polar surface area (TPSA) is 58.4 Å². The van der Waals surface area contributed by atoms with Crippen molar-refractivity contribution in [1.82, 2.24) is 19.8 Å². The first kappa shape index (κ1) is 16.6. The summed E-state index contributed by atoms with van der Waals surface area (Å²) in [5.41, 5.74) is 4.06. The van der Waals surface area contributed by atoms with Gasteiger partial charge in [0.1, 0.15) is 0 Å². The molecule has 0 unspecified atom stereocenters. The fourth-order valence-electron chi connectivity index (χ4n) is 3.15. The van der Waals surface area contributed by atoms with E-state index in [1.54, 1.807) is 15.9 Å². The fourth-order valence-corrected chi connectivity index (χ4v) is 4.69. The molecule has 1 saturated heterocycles. The van der Waals surface area contributed by atoms with Crippen LogP contribution in [0.1, 0.15) is 0 Å². The highest BCUT2D eigenvalue weighted by Gasteiger charge is 2.12. The van der Waals surface area contributed by atoms with E-state index >= 15 is 0 Å². The van der Waals surface area contributed by atoms with E-state index in [4.69, 9.17) is 0 Å². The molecule has 6 nitrogen and oxygen atoms in total. The van der Waals surface area contributed by atoms with Crippen molar-refractivity contribution < 1.29 is 0 Å². The molecule has 0 aliphatic carbocycles. The van der Waals surface area contributed by atoms with Crippen molar-refractivity contribution in [3.05, 3.63) is 53.2 Å². The van der Waals surface area contributed by atoms with Crippen LogP contribution in [0.4, 0.5) is 17.2 Å². The van der Waals surface area contributed by atoms with Crippen molar-refractivity contribution in [3.63, 3.8) is 0 Å². The number of nitrogens with one attached hydrogen (secondary N) is 1. The van der Waals surface area contributed by atoms with Gasteiger partial charge in [0.05, 0.1) is 0 Å². The summed E-state index contributed by atoms with van der Waals surface area (Å²) in [6.45, 7) is 2.24. The van der Waals surface area contributed by atoms with Gasteiger partial charge in [0.2, 0.25) is 0 Å². The Morgan fingerprint density at radius 3 is 2.56 bits per heavy atom. The molecule has 0 spiro atoms. The SMILES string of the molecule is c1cc(-c2nnc3ccc(Nc4ccc(N5CCSCC5)cc4)nn23)cs1. The van der Waals surface area contributed by atoms with Crippen LogP contribution < -0.4 is 10.2 Å². The Labute approximate surface area is 165 Å². The first-order chi connectivity index (χ1) is 13.4. The van der Waals surface area contributed by atoms with Crippen LogP contribution in [0.2, 0.25) is 0 Å². The van der Waals surface area contributed by atoms with Gasteiger partial charge >= 0.3 is 0 Å². The van der Waals surface area contributed by atoms with Crippen LogP contribution in [0, 0.1) is 0 Å². The zero-order chi connectivity index (χ0) is 18.1. The number of thiophene rings is 1. The maximum atomic E-state index is 4.67. The van der Waals surface area contributed by atoms with Gasteiger partial charge in [-0.05, 0) is 47.8 Å². The van der Waals surface area contributed by atoms with E-state index in [-0.39, 0.29) is 0 Å². The van der Waals surface area contributed by atoms with E-state index in [0.29, 0.717) is 0 Å². The summed E-state index contributed by atoms with van der Waals surface area (Å²) >= 11 is 3.66. The van der Waals surface area contributed by atoms with Gasteiger partial charge in [0, 0.05) is 46.9 Å². The summed E-state index contributed by atoms with van der Waals surface area (Å²) in [5.74, 6) is 3.93. The Kier molecular flexibility index (Phi) is 4.43. The van der Waals surface area contributed by atoms with Crippen LogP contribution in [0.3, 0.4) is 0 Å². The molecule has 4 aromatic rings. The van der Waals surface area contributed by atoms with E-state index in [2.05, 4.69) is 55.2 Å². The van der Waals surface area contributed by atoms with Crippen molar-refractivity contribution in [1.29, 1.82) is 0 Å². The number of hydrogen-bond acceptors (Lipinski definition) is 7. The summed E-state index contributed by atoms with van der Waals surface area (Å²) in [7, 11) is 0. The lowest BCUT2D eigenvalue weighted by molar-refractivity contribution is 0.859. The highest BCUT2D eigenvalue weighted by molar-refractivity contribution is 7.99. The first-order valence-corrected chi connectivity index (χ1v) is 10.9. The lowest BCUT2D eigenvalue weighted by atomic mass is 10.2. The molecule has 27 heavy (non-hydrogen) atoms. The standard InChI is InChI=1S/C19H18N6S2/c1-3-16(24-8-11-26-12-9-24)4-2-15(1)20-17-5-6-18-21-22-19(25(18)23-17)14-7-10-27-13-14/h1-7,10,13H,8-9,11-12H2,(H,20,23). The number of thioether (sulfide) groups is 1. The van der Waals surface area contributed by atoms with Crippen molar-refractivity contribution in [3.8, 4) is 11.4 Å². The van der Waals surface area contributed by atoms with Gasteiger partial charge in [-0.1, -0.05) is 0 Å². The molecule has 1 aliphatic rings. The molecule has 1 N–H and O–H groups in total. The van der Waals surface area contributed by atoms with E-state index in [1.807, 2.05) is 35.3 Å². The Hall–Kier alpha value is -2.58. The Bertz CT molecular complexity index is 1040. The van der Waals surface area contributed by atoms with E-state index in [0.717, 1.165) is 41.6 Å². The average molecular weight is 395 g/mol. The van der Waals surface area contributed by atoms with Crippen LogP contribution in [0.15, 0.2) is 53.2 Å². The van der Waals surface area contributed by atoms with E-state index in [1.165, 1.54) is 17.2 Å². The maximum Gasteiger partial charge on any atom is 0.186 e. The molecule has 1 fully saturated rings. The molecule has 3 aromatic heterocycles. The molecule has 0 bridgehead atoms. The maximum absolute atomic E-state index is 4.67. The molecule has 1 aromatic carbocycles. The smallest absolute Gasteiger partial charge is 0.186 e. The van der Waals surface area contributed by atoms with Crippen LogP contribution >= 0.6 is 23.1 Å².